The van der Waals surface area contributed by atoms with Crippen molar-refractivity contribution in [3.8, 4) is 5.75 Å². The molecule has 1 aliphatic rings. The van der Waals surface area contributed by atoms with E-state index in [4.69, 9.17) is 9.84 Å². The summed E-state index contributed by atoms with van der Waals surface area (Å²) in [7, 11) is -3.43. The number of hydrogen-bond donors (Lipinski definition) is 1. The number of rotatable bonds is 7. The Morgan fingerprint density at radius 2 is 1.74 bits per heavy atom. The highest BCUT2D eigenvalue weighted by molar-refractivity contribution is 7.89. The molecule has 0 radical (unpaired) electrons. The van der Waals surface area contributed by atoms with Gasteiger partial charge in [-0.1, -0.05) is 29.8 Å². The zero-order valence-electron chi connectivity index (χ0n) is 15.5. The summed E-state index contributed by atoms with van der Waals surface area (Å²) in [6, 6.07) is 14.8. The molecule has 0 aliphatic carbocycles. The Hall–Kier alpha value is -1.93. The van der Waals surface area contributed by atoms with E-state index in [0.717, 1.165) is 23.4 Å². The van der Waals surface area contributed by atoms with Crippen molar-refractivity contribution in [1.82, 2.24) is 9.21 Å². The Bertz CT molecular complexity index is 845. The number of aliphatic hydroxyl groups is 1. The smallest absolute Gasteiger partial charge is 0.243 e. The van der Waals surface area contributed by atoms with Crippen molar-refractivity contribution in [3.05, 3.63) is 59.7 Å². The second-order valence-corrected chi connectivity index (χ2v) is 8.65. The van der Waals surface area contributed by atoms with Gasteiger partial charge < -0.3 is 9.84 Å². The number of nitrogens with zero attached hydrogens (tertiary/aromatic N) is 2. The monoisotopic (exact) mass is 390 g/mol. The molecule has 3 rings (SSSR count). The number of piperazine rings is 1. The SMILES string of the molecule is Cc1ccc(S(=O)(=O)N2CCN(Cc3cccc(OCCO)c3)CC2)cc1. The molecule has 27 heavy (non-hydrogen) atoms. The average molecular weight is 391 g/mol. The number of aryl methyl sites for hydroxylation is 1. The summed E-state index contributed by atoms with van der Waals surface area (Å²) in [6.45, 7) is 5.29. The molecule has 1 fully saturated rings. The molecule has 7 heteroatoms. The van der Waals surface area contributed by atoms with Crippen molar-refractivity contribution in [3.63, 3.8) is 0 Å². The van der Waals surface area contributed by atoms with E-state index in [9.17, 15) is 8.42 Å². The summed E-state index contributed by atoms with van der Waals surface area (Å²) in [5.74, 6) is 0.738. The summed E-state index contributed by atoms with van der Waals surface area (Å²) >= 11 is 0. The molecular formula is C20H26N2O4S. The van der Waals surface area contributed by atoms with Crippen LogP contribution in [0.4, 0.5) is 0 Å². The van der Waals surface area contributed by atoms with Crippen LogP contribution < -0.4 is 4.74 Å². The molecule has 1 aliphatic heterocycles. The van der Waals surface area contributed by atoms with Gasteiger partial charge in [0, 0.05) is 32.7 Å². The molecule has 1 N–H and O–H groups in total. The molecule has 1 heterocycles. The third-order valence-corrected chi connectivity index (χ3v) is 6.57. The summed E-state index contributed by atoms with van der Waals surface area (Å²) in [5, 5.41) is 8.86. The minimum Gasteiger partial charge on any atom is -0.491 e. The highest BCUT2D eigenvalue weighted by atomic mass is 32.2. The van der Waals surface area contributed by atoms with Gasteiger partial charge in [0.15, 0.2) is 0 Å². The summed E-state index contributed by atoms with van der Waals surface area (Å²) in [6.07, 6.45) is 0. The van der Waals surface area contributed by atoms with Crippen molar-refractivity contribution in [1.29, 1.82) is 0 Å². The maximum atomic E-state index is 12.8. The second kappa shape index (κ2) is 8.84. The molecule has 0 aromatic heterocycles. The van der Waals surface area contributed by atoms with Gasteiger partial charge in [0.2, 0.25) is 10.0 Å². The first kappa shape index (κ1) is 19.8. The van der Waals surface area contributed by atoms with E-state index >= 15 is 0 Å². The minimum absolute atomic E-state index is 0.0123. The molecule has 2 aromatic rings. The summed E-state index contributed by atoms with van der Waals surface area (Å²) in [5.41, 5.74) is 2.16. The average Bonchev–Trinajstić information content (AvgIpc) is 2.67. The lowest BCUT2D eigenvalue weighted by Crippen LogP contribution is -2.48. The zero-order valence-corrected chi connectivity index (χ0v) is 16.4. The predicted octanol–water partition coefficient (Wildman–Crippen LogP) is 1.87. The largest absolute Gasteiger partial charge is 0.491 e. The maximum Gasteiger partial charge on any atom is 0.243 e. The lowest BCUT2D eigenvalue weighted by Gasteiger charge is -2.34. The molecule has 0 bridgehead atoms. The topological polar surface area (TPSA) is 70.1 Å². The van der Waals surface area contributed by atoms with E-state index in [1.54, 1.807) is 16.4 Å². The first-order chi connectivity index (χ1) is 13.0. The fraction of sp³-hybridized carbons (Fsp3) is 0.400. The Kier molecular flexibility index (Phi) is 6.49. The van der Waals surface area contributed by atoms with E-state index < -0.39 is 10.0 Å². The van der Waals surface area contributed by atoms with Crippen molar-refractivity contribution in [2.45, 2.75) is 18.4 Å². The number of benzene rings is 2. The number of aliphatic hydroxyl groups excluding tert-OH is 1. The molecule has 1 saturated heterocycles. The van der Waals surface area contributed by atoms with Gasteiger partial charge in [-0.25, -0.2) is 8.42 Å². The lowest BCUT2D eigenvalue weighted by atomic mass is 10.2. The highest BCUT2D eigenvalue weighted by Gasteiger charge is 2.28. The van der Waals surface area contributed by atoms with E-state index in [-0.39, 0.29) is 13.2 Å². The van der Waals surface area contributed by atoms with Crippen molar-refractivity contribution in [2.24, 2.45) is 0 Å². The van der Waals surface area contributed by atoms with Crippen LogP contribution in [0.25, 0.3) is 0 Å². The van der Waals surface area contributed by atoms with E-state index in [2.05, 4.69) is 4.90 Å². The van der Waals surface area contributed by atoms with Gasteiger partial charge >= 0.3 is 0 Å². The zero-order chi connectivity index (χ0) is 19.3. The van der Waals surface area contributed by atoms with E-state index in [0.29, 0.717) is 31.1 Å². The summed E-state index contributed by atoms with van der Waals surface area (Å²) < 4.78 is 32.6. The maximum absolute atomic E-state index is 12.8. The quantitative estimate of drug-likeness (QED) is 0.782. The standard InChI is InChI=1S/C20H26N2O4S/c1-17-5-7-20(8-6-17)27(24,25)22-11-9-21(10-12-22)16-18-3-2-4-19(15-18)26-14-13-23/h2-8,15,23H,9-14,16H2,1H3. The molecule has 0 spiro atoms. The van der Waals surface area contributed by atoms with Crippen LogP contribution in [0.5, 0.6) is 5.75 Å². The molecular weight excluding hydrogens is 364 g/mol. The van der Waals surface area contributed by atoms with E-state index in [1.165, 1.54) is 0 Å². The Morgan fingerprint density at radius 3 is 2.41 bits per heavy atom. The second-order valence-electron chi connectivity index (χ2n) is 6.71. The van der Waals surface area contributed by atoms with Crippen LogP contribution in [0.15, 0.2) is 53.4 Å². The van der Waals surface area contributed by atoms with Crippen LogP contribution in [0.1, 0.15) is 11.1 Å². The van der Waals surface area contributed by atoms with Gasteiger partial charge in [0.05, 0.1) is 11.5 Å². The van der Waals surface area contributed by atoms with Crippen LogP contribution in [0, 0.1) is 6.92 Å². The minimum atomic E-state index is -3.43. The Morgan fingerprint density at radius 1 is 1.04 bits per heavy atom. The molecule has 2 aromatic carbocycles. The first-order valence-corrected chi connectivity index (χ1v) is 10.5. The lowest BCUT2D eigenvalue weighted by molar-refractivity contribution is 0.181. The number of hydrogen-bond acceptors (Lipinski definition) is 5. The third-order valence-electron chi connectivity index (χ3n) is 4.65. The Labute approximate surface area is 161 Å². The Balaban J connectivity index is 1.58. The fourth-order valence-corrected chi connectivity index (χ4v) is 4.56. The predicted molar refractivity (Wildman–Crippen MR) is 104 cm³/mol. The fourth-order valence-electron chi connectivity index (χ4n) is 3.14. The molecule has 0 unspecified atom stereocenters. The molecule has 0 amide bonds. The van der Waals surface area contributed by atoms with Crippen molar-refractivity contribution < 1.29 is 18.3 Å². The molecule has 0 atom stereocenters. The number of ether oxygens (including phenoxy) is 1. The van der Waals surface area contributed by atoms with Gasteiger partial charge in [-0.15, -0.1) is 0 Å². The van der Waals surface area contributed by atoms with Crippen LogP contribution in [0.2, 0.25) is 0 Å². The van der Waals surface area contributed by atoms with Gasteiger partial charge in [0.1, 0.15) is 12.4 Å². The first-order valence-electron chi connectivity index (χ1n) is 9.11. The normalized spacial score (nSPS) is 16.4. The molecule has 6 nitrogen and oxygen atoms in total. The van der Waals surface area contributed by atoms with E-state index in [1.807, 2.05) is 43.3 Å². The van der Waals surface area contributed by atoms with Gasteiger partial charge in [-0.3, -0.25) is 4.90 Å². The van der Waals surface area contributed by atoms with Crippen molar-refractivity contribution >= 4 is 10.0 Å². The molecule has 0 saturated carbocycles. The van der Waals surface area contributed by atoms with Gasteiger partial charge in [-0.2, -0.15) is 4.31 Å². The van der Waals surface area contributed by atoms with Crippen LogP contribution in [0.3, 0.4) is 0 Å². The molecule has 146 valence electrons. The van der Waals surface area contributed by atoms with Crippen LogP contribution >= 0.6 is 0 Å². The van der Waals surface area contributed by atoms with Crippen LogP contribution in [-0.2, 0) is 16.6 Å². The third kappa shape index (κ3) is 5.07. The van der Waals surface area contributed by atoms with Crippen LogP contribution in [-0.4, -0.2) is 62.1 Å². The highest BCUT2D eigenvalue weighted by Crippen LogP contribution is 2.20. The van der Waals surface area contributed by atoms with Gasteiger partial charge in [-0.05, 0) is 36.8 Å². The van der Waals surface area contributed by atoms with Gasteiger partial charge in [0.25, 0.3) is 0 Å². The number of sulfonamides is 1. The summed E-state index contributed by atoms with van der Waals surface area (Å²) in [4.78, 5) is 2.60. The van der Waals surface area contributed by atoms with Crippen molar-refractivity contribution in [2.75, 3.05) is 39.4 Å².